The largest absolute Gasteiger partial charge is 0.403 e. The molecule has 0 atom stereocenters. The summed E-state index contributed by atoms with van der Waals surface area (Å²) >= 11 is 6.38. The van der Waals surface area contributed by atoms with Crippen LogP contribution in [0.4, 0.5) is 34.9 Å². The Kier molecular flexibility index (Phi) is 6.52. The number of anilines is 3. The van der Waals surface area contributed by atoms with Crippen LogP contribution in [0.3, 0.4) is 0 Å². The second-order valence-electron chi connectivity index (χ2n) is 11.1. The Hall–Kier alpha value is -3.01. The Balaban J connectivity index is 1.34. The van der Waals surface area contributed by atoms with Crippen LogP contribution in [0.5, 0.6) is 0 Å². The third-order valence-corrected chi connectivity index (χ3v) is 8.19. The molecule has 1 aliphatic carbocycles. The summed E-state index contributed by atoms with van der Waals surface area (Å²) in [4.78, 5) is 18.8. The van der Waals surface area contributed by atoms with Gasteiger partial charge in [-0.2, -0.15) is 13.2 Å². The molecule has 2 fully saturated rings. The van der Waals surface area contributed by atoms with Crippen LogP contribution in [0.2, 0.25) is 5.02 Å². The number of piperidine rings is 1. The number of benzene rings is 2. The number of imidazole rings is 1. The number of hydrogen-bond acceptors (Lipinski definition) is 4. The first kappa shape index (κ1) is 26.6. The molecule has 0 unspecified atom stereocenters. The van der Waals surface area contributed by atoms with Gasteiger partial charge in [-0.1, -0.05) is 31.5 Å². The second kappa shape index (κ2) is 9.32. The Labute approximate surface area is 223 Å². The molecular weight excluding hydrogens is 522 g/mol. The number of nitrogens with one attached hydrogen (secondary N) is 2. The number of aromatic nitrogens is 2. The van der Waals surface area contributed by atoms with E-state index >= 15 is 4.39 Å². The van der Waals surface area contributed by atoms with Gasteiger partial charge in [0.05, 0.1) is 27.4 Å². The molecule has 0 bridgehead atoms. The number of alkyl halides is 3. The summed E-state index contributed by atoms with van der Waals surface area (Å²) in [7, 11) is 1.81. The molecule has 0 radical (unpaired) electrons. The number of fused-ring (bicyclic) bond motifs is 1. The third-order valence-electron chi connectivity index (χ3n) is 7.86. The minimum atomic E-state index is -4.56. The number of nitrogens with zero attached hydrogens (tertiary/aromatic N) is 3. The number of rotatable bonds is 6. The summed E-state index contributed by atoms with van der Waals surface area (Å²) in [5.74, 6) is -0.918. The summed E-state index contributed by atoms with van der Waals surface area (Å²) in [5, 5.41) is 5.91. The van der Waals surface area contributed by atoms with Crippen LogP contribution in [0.25, 0.3) is 11.0 Å². The van der Waals surface area contributed by atoms with Crippen molar-refractivity contribution in [2.75, 3.05) is 23.3 Å². The smallest absolute Gasteiger partial charge is 0.369 e. The van der Waals surface area contributed by atoms with E-state index in [1.54, 1.807) is 22.8 Å². The zero-order valence-electron chi connectivity index (χ0n) is 21.5. The molecule has 5 rings (SSSR count). The maximum absolute atomic E-state index is 15.1. The molecule has 2 heterocycles. The van der Waals surface area contributed by atoms with Crippen LogP contribution in [0, 0.1) is 16.6 Å². The molecule has 1 amide bonds. The lowest BCUT2D eigenvalue weighted by Gasteiger charge is -2.38. The second-order valence-corrected chi connectivity index (χ2v) is 11.5. The molecule has 6 nitrogen and oxygen atoms in total. The van der Waals surface area contributed by atoms with Crippen LogP contribution in [-0.2, 0) is 18.4 Å². The Bertz CT molecular complexity index is 1390. The van der Waals surface area contributed by atoms with Gasteiger partial charge in [0, 0.05) is 32.7 Å². The molecule has 38 heavy (non-hydrogen) atoms. The van der Waals surface area contributed by atoms with Gasteiger partial charge in [-0.15, -0.1) is 0 Å². The van der Waals surface area contributed by atoms with Crippen molar-refractivity contribution in [2.45, 2.75) is 52.3 Å². The first-order valence-corrected chi connectivity index (χ1v) is 13.0. The molecule has 2 N–H and O–H groups in total. The molecule has 3 aromatic rings. The van der Waals surface area contributed by atoms with Crippen LogP contribution in [-0.4, -0.2) is 34.7 Å². The van der Waals surface area contributed by atoms with E-state index in [0.29, 0.717) is 33.4 Å². The van der Waals surface area contributed by atoms with Gasteiger partial charge in [0.15, 0.2) is 0 Å². The molecule has 1 aliphatic heterocycles. The average Bonchev–Trinajstić information content (AvgIpc) is 3.61. The number of amides is 1. The van der Waals surface area contributed by atoms with E-state index in [4.69, 9.17) is 11.6 Å². The normalized spacial score (nSPS) is 18.5. The number of hydrogen-bond donors (Lipinski definition) is 2. The van der Waals surface area contributed by atoms with E-state index in [1.807, 2.05) is 13.1 Å². The van der Waals surface area contributed by atoms with Gasteiger partial charge in [0.2, 0.25) is 11.9 Å². The first-order valence-electron chi connectivity index (χ1n) is 12.6. The van der Waals surface area contributed by atoms with Gasteiger partial charge in [0.1, 0.15) is 11.2 Å². The van der Waals surface area contributed by atoms with Crippen molar-refractivity contribution in [3.8, 4) is 0 Å². The maximum Gasteiger partial charge on any atom is 0.403 e. The molecular formula is C27H30ClF4N5O. The van der Waals surface area contributed by atoms with Crippen molar-refractivity contribution in [1.29, 1.82) is 0 Å². The lowest BCUT2D eigenvalue weighted by Crippen LogP contribution is -2.40. The Morgan fingerprint density at radius 1 is 1.11 bits per heavy atom. The standard InChI is InChI=1S/C27H30ClF4N5O/c1-25(2)8-10-37(11-9-25)21-14-22-20(13-18(21)29)35-24(36(22)3)34-19-12-16(4-5-17(19)28)15-33-23(38)26(6-7-26)27(30,31)32/h4-5,12-14H,6-11,15H2,1-3H3,(H,33,38)(H,34,35). The summed E-state index contributed by atoms with van der Waals surface area (Å²) in [6.45, 7) is 5.93. The van der Waals surface area contributed by atoms with Crippen molar-refractivity contribution in [3.63, 3.8) is 0 Å². The van der Waals surface area contributed by atoms with Crippen molar-refractivity contribution in [2.24, 2.45) is 17.9 Å². The number of aryl methyl sites for hydroxylation is 1. The number of carbonyl (C=O) groups excluding carboxylic acids is 1. The predicted molar refractivity (Wildman–Crippen MR) is 140 cm³/mol. The number of carbonyl (C=O) groups is 1. The molecule has 1 aromatic heterocycles. The van der Waals surface area contributed by atoms with E-state index in [1.165, 1.54) is 6.07 Å². The highest BCUT2D eigenvalue weighted by atomic mass is 35.5. The quantitative estimate of drug-likeness (QED) is 0.335. The van der Waals surface area contributed by atoms with Crippen LogP contribution < -0.4 is 15.5 Å². The lowest BCUT2D eigenvalue weighted by molar-refractivity contribution is -0.192. The molecule has 2 aromatic carbocycles. The molecule has 11 heteroatoms. The van der Waals surface area contributed by atoms with Crippen molar-refractivity contribution < 1.29 is 22.4 Å². The highest BCUT2D eigenvalue weighted by Crippen LogP contribution is 2.57. The van der Waals surface area contributed by atoms with E-state index in [9.17, 15) is 18.0 Å². The first-order chi connectivity index (χ1) is 17.8. The van der Waals surface area contributed by atoms with Crippen molar-refractivity contribution in [1.82, 2.24) is 14.9 Å². The van der Waals surface area contributed by atoms with Gasteiger partial charge in [-0.3, -0.25) is 4.79 Å². The van der Waals surface area contributed by atoms with Gasteiger partial charge >= 0.3 is 6.18 Å². The van der Waals surface area contributed by atoms with Gasteiger partial charge in [-0.25, -0.2) is 9.37 Å². The summed E-state index contributed by atoms with van der Waals surface area (Å²) in [6, 6.07) is 8.12. The predicted octanol–water partition coefficient (Wildman–Crippen LogP) is 6.69. The fraction of sp³-hybridized carbons (Fsp3) is 0.481. The number of halogens is 5. The maximum atomic E-state index is 15.1. The van der Waals surface area contributed by atoms with Crippen molar-refractivity contribution in [3.05, 3.63) is 46.7 Å². The topological polar surface area (TPSA) is 62.2 Å². The Morgan fingerprint density at radius 2 is 1.79 bits per heavy atom. The highest BCUT2D eigenvalue weighted by Gasteiger charge is 2.68. The van der Waals surface area contributed by atoms with E-state index in [-0.39, 0.29) is 30.6 Å². The molecule has 1 saturated heterocycles. The van der Waals surface area contributed by atoms with Gasteiger partial charge < -0.3 is 20.1 Å². The SMILES string of the molecule is Cn1c(Nc2cc(CNC(=O)C3(C(F)(F)F)CC3)ccc2Cl)nc2cc(F)c(N3CCC(C)(C)CC3)cc21. The molecule has 1 saturated carbocycles. The van der Waals surface area contributed by atoms with Gasteiger partial charge in [0.25, 0.3) is 0 Å². The highest BCUT2D eigenvalue weighted by molar-refractivity contribution is 6.33. The lowest BCUT2D eigenvalue weighted by atomic mass is 9.82. The Morgan fingerprint density at radius 3 is 2.42 bits per heavy atom. The van der Waals surface area contributed by atoms with E-state index in [2.05, 4.69) is 34.4 Å². The van der Waals surface area contributed by atoms with Gasteiger partial charge in [-0.05, 0) is 54.9 Å². The minimum absolute atomic E-state index is 0.0771. The summed E-state index contributed by atoms with van der Waals surface area (Å²) in [6.07, 6.45) is -2.99. The van der Waals surface area contributed by atoms with Crippen LogP contribution >= 0.6 is 11.6 Å². The zero-order chi connectivity index (χ0) is 27.5. The average molecular weight is 552 g/mol. The zero-order valence-corrected chi connectivity index (χ0v) is 22.2. The summed E-state index contributed by atoms with van der Waals surface area (Å²) in [5.41, 5.74) is 0.785. The molecule has 0 spiro atoms. The molecule has 2 aliphatic rings. The molecule has 204 valence electrons. The fourth-order valence-electron chi connectivity index (χ4n) is 4.92. The van der Waals surface area contributed by atoms with E-state index < -0.39 is 17.5 Å². The third kappa shape index (κ3) is 4.90. The van der Waals surface area contributed by atoms with Crippen LogP contribution in [0.1, 0.15) is 45.1 Å². The monoisotopic (exact) mass is 551 g/mol. The minimum Gasteiger partial charge on any atom is -0.369 e. The fourth-order valence-corrected chi connectivity index (χ4v) is 5.09. The van der Waals surface area contributed by atoms with Crippen LogP contribution in [0.15, 0.2) is 30.3 Å². The summed E-state index contributed by atoms with van der Waals surface area (Å²) < 4.78 is 56.5. The van der Waals surface area contributed by atoms with E-state index in [0.717, 1.165) is 31.4 Å². The van der Waals surface area contributed by atoms with Crippen molar-refractivity contribution >= 4 is 45.9 Å².